The highest BCUT2D eigenvalue weighted by molar-refractivity contribution is 7.18. The van der Waals surface area contributed by atoms with Crippen LogP contribution in [0.3, 0.4) is 0 Å². The zero-order chi connectivity index (χ0) is 32.8. The molecule has 0 aliphatic heterocycles. The lowest BCUT2D eigenvalue weighted by molar-refractivity contribution is -0.0705. The highest BCUT2D eigenvalue weighted by atomic mass is 32.1. The molecule has 10 heteroatoms. The van der Waals surface area contributed by atoms with E-state index in [1.54, 1.807) is 24.3 Å². The van der Waals surface area contributed by atoms with Gasteiger partial charge in [0, 0.05) is 6.42 Å². The summed E-state index contributed by atoms with van der Waals surface area (Å²) in [7, 11) is -2.35. The van der Waals surface area contributed by atoms with Gasteiger partial charge >= 0.3 is 5.97 Å². The van der Waals surface area contributed by atoms with Gasteiger partial charge in [0.2, 0.25) is 0 Å². The Kier molecular flexibility index (Phi) is 11.7. The van der Waals surface area contributed by atoms with E-state index in [-0.39, 0.29) is 23.2 Å². The molecule has 0 bridgehead atoms. The second-order valence-electron chi connectivity index (χ2n) is 12.9. The number of aromatic nitrogens is 1. The fourth-order valence-electron chi connectivity index (χ4n) is 5.40. The number of hydrogen-bond acceptors (Lipinski definition) is 9. The van der Waals surface area contributed by atoms with Crippen LogP contribution in [0.15, 0.2) is 30.3 Å². The lowest BCUT2D eigenvalue weighted by Gasteiger charge is -2.42. The number of esters is 1. The Morgan fingerprint density at radius 2 is 1.71 bits per heavy atom. The number of rotatable bonds is 14. The molecule has 8 nitrogen and oxygen atoms in total. The minimum atomic E-state index is -2.35. The van der Waals surface area contributed by atoms with Gasteiger partial charge in [0.15, 0.2) is 8.32 Å². The van der Waals surface area contributed by atoms with Gasteiger partial charge in [-0.3, -0.25) is 0 Å². The first-order valence-corrected chi connectivity index (χ1v) is 19.9. The van der Waals surface area contributed by atoms with Gasteiger partial charge < -0.3 is 23.4 Å². The number of carbonyl (C=O) groups is 1. The molecule has 0 amide bonds. The Morgan fingerprint density at radius 1 is 1.07 bits per heavy atom. The summed E-state index contributed by atoms with van der Waals surface area (Å²) in [5.41, 5.74) is 2.34. The van der Waals surface area contributed by atoms with E-state index in [0.717, 1.165) is 41.0 Å². The summed E-state index contributed by atoms with van der Waals surface area (Å²) >= 11 is 1.56. The number of hydrogen-bond donors (Lipinski definition) is 0. The summed E-state index contributed by atoms with van der Waals surface area (Å²) in [5.74, 6) is 0.578. The maximum absolute atomic E-state index is 12.7. The Morgan fingerprint density at radius 3 is 2.27 bits per heavy atom. The van der Waals surface area contributed by atoms with E-state index < -0.39 is 14.4 Å². The van der Waals surface area contributed by atoms with E-state index >= 15 is 0 Å². The average molecular weight is 653 g/mol. The van der Waals surface area contributed by atoms with Gasteiger partial charge in [0.1, 0.15) is 23.1 Å². The van der Waals surface area contributed by atoms with Crippen molar-refractivity contribution in [1.82, 2.24) is 4.98 Å². The Labute approximate surface area is 273 Å². The number of nitriles is 1. The molecular formula is C35H48N2O6SSi. The van der Waals surface area contributed by atoms with Crippen molar-refractivity contribution in [1.29, 1.82) is 5.26 Å². The third kappa shape index (κ3) is 8.25. The molecule has 244 valence electrons. The van der Waals surface area contributed by atoms with Gasteiger partial charge in [-0.15, -0.1) is 11.3 Å². The Hall–Kier alpha value is -2.97. The van der Waals surface area contributed by atoms with Crippen molar-refractivity contribution in [3.8, 4) is 17.6 Å². The molecule has 4 rings (SSSR count). The number of nitrogens with zero attached hydrogens (tertiary/aromatic N) is 2. The molecule has 1 saturated carbocycles. The Balaban J connectivity index is 1.86. The maximum Gasteiger partial charge on any atom is 0.340 e. The molecule has 2 aromatic carbocycles. The molecule has 0 N–H and O–H groups in total. The van der Waals surface area contributed by atoms with Crippen LogP contribution in [0.1, 0.15) is 99.8 Å². The summed E-state index contributed by atoms with van der Waals surface area (Å²) in [5, 5.41) is 10.8. The summed E-state index contributed by atoms with van der Waals surface area (Å²) in [6, 6.07) is 11.7. The van der Waals surface area contributed by atoms with Crippen LogP contribution in [-0.4, -0.2) is 51.3 Å². The third-order valence-electron chi connectivity index (χ3n) is 8.70. The number of ether oxygens (including phenoxy) is 4. The first-order chi connectivity index (χ1) is 21.4. The predicted molar refractivity (Wildman–Crippen MR) is 181 cm³/mol. The van der Waals surface area contributed by atoms with E-state index in [1.165, 1.54) is 0 Å². The van der Waals surface area contributed by atoms with Gasteiger partial charge in [-0.2, -0.15) is 5.26 Å². The number of para-hydroxylation sites is 1. The molecule has 45 heavy (non-hydrogen) atoms. The summed E-state index contributed by atoms with van der Waals surface area (Å²) in [6.07, 6.45) is 4.01. The largest absolute Gasteiger partial charge is 0.492 e. The van der Waals surface area contributed by atoms with Gasteiger partial charge in [0.05, 0.1) is 58.9 Å². The van der Waals surface area contributed by atoms with E-state index in [2.05, 4.69) is 39.9 Å². The average Bonchev–Trinajstić information content (AvgIpc) is 3.65. The quantitative estimate of drug-likeness (QED) is 0.126. The zero-order valence-electron chi connectivity index (χ0n) is 28.0. The third-order valence-corrected chi connectivity index (χ3v) is 14.2. The lowest BCUT2D eigenvalue weighted by atomic mass is 9.99. The lowest BCUT2D eigenvalue weighted by Crippen LogP contribution is -2.45. The minimum absolute atomic E-state index is 0.0638. The molecule has 1 aliphatic carbocycles. The van der Waals surface area contributed by atoms with Gasteiger partial charge in [-0.25, -0.2) is 9.78 Å². The standard InChI is InChI=1S/C35H48N2O6SSi/c1-9-39-27-19-23(20-28(40-10-2)26(27)22-36)33(43-45(7,8)35(4,5)6)29(42-24-15-12-13-16-24)21-31-37-32-25(34(38)41-11-3)17-14-18-30(32)44-31/h14,17-20,24,29,33H,9-13,15-16,21H2,1-8H3. The van der Waals surface area contributed by atoms with Crippen LogP contribution >= 0.6 is 11.3 Å². The summed E-state index contributed by atoms with van der Waals surface area (Å²) < 4.78 is 32.5. The summed E-state index contributed by atoms with van der Waals surface area (Å²) in [4.78, 5) is 17.7. The SMILES string of the molecule is CCOC(=O)c1cccc2sc(CC(OC3CCCC3)C(O[Si](C)(C)C(C)(C)C)c3cc(OCC)c(C#N)c(OCC)c3)nc12. The first kappa shape index (κ1) is 34.9. The second-order valence-corrected chi connectivity index (χ2v) is 18.8. The van der Waals surface area contributed by atoms with E-state index in [9.17, 15) is 10.1 Å². The molecule has 2 atom stereocenters. The first-order valence-electron chi connectivity index (χ1n) is 16.1. The number of thiazole rings is 1. The van der Waals surface area contributed by atoms with Crippen molar-refractivity contribution < 1.29 is 28.2 Å². The summed E-state index contributed by atoms with van der Waals surface area (Å²) in [6.45, 7) is 17.9. The van der Waals surface area contributed by atoms with Gasteiger partial charge in [-0.1, -0.05) is 39.7 Å². The van der Waals surface area contributed by atoms with Gasteiger partial charge in [0.25, 0.3) is 0 Å². The van der Waals surface area contributed by atoms with Crippen LogP contribution in [-0.2, 0) is 20.3 Å². The van der Waals surface area contributed by atoms with Crippen LogP contribution in [0.4, 0.5) is 0 Å². The predicted octanol–water partition coefficient (Wildman–Crippen LogP) is 8.78. The minimum Gasteiger partial charge on any atom is -0.492 e. The number of carbonyl (C=O) groups excluding carboxylic acids is 1. The van der Waals surface area contributed by atoms with Crippen LogP contribution in [0, 0.1) is 11.3 Å². The monoisotopic (exact) mass is 652 g/mol. The molecule has 1 aromatic heterocycles. The molecule has 0 radical (unpaired) electrons. The topological polar surface area (TPSA) is 99.9 Å². The number of fused-ring (bicyclic) bond motifs is 1. The molecule has 1 aliphatic rings. The molecule has 2 unspecified atom stereocenters. The zero-order valence-corrected chi connectivity index (χ0v) is 29.8. The molecule has 0 saturated heterocycles. The molecule has 0 spiro atoms. The maximum atomic E-state index is 12.7. The molecule has 3 aromatic rings. The van der Waals surface area contributed by atoms with Crippen LogP contribution < -0.4 is 9.47 Å². The van der Waals surface area contributed by atoms with E-state index in [4.69, 9.17) is 28.4 Å². The fourth-order valence-corrected chi connectivity index (χ4v) is 7.72. The molecular weight excluding hydrogens is 605 g/mol. The molecule has 1 heterocycles. The highest BCUT2D eigenvalue weighted by Crippen LogP contribution is 2.44. The normalized spacial score (nSPS) is 15.5. The number of benzene rings is 2. The van der Waals surface area contributed by atoms with Crippen molar-refractivity contribution in [2.75, 3.05) is 19.8 Å². The second kappa shape index (κ2) is 15.1. The van der Waals surface area contributed by atoms with Crippen LogP contribution in [0.5, 0.6) is 11.5 Å². The molecule has 1 fully saturated rings. The van der Waals surface area contributed by atoms with Crippen molar-refractivity contribution in [3.05, 3.63) is 52.0 Å². The van der Waals surface area contributed by atoms with Crippen molar-refractivity contribution in [2.24, 2.45) is 0 Å². The van der Waals surface area contributed by atoms with E-state index in [1.807, 2.05) is 38.1 Å². The van der Waals surface area contributed by atoms with Crippen molar-refractivity contribution >= 4 is 35.8 Å². The van der Waals surface area contributed by atoms with Crippen LogP contribution in [0.25, 0.3) is 10.2 Å². The fraction of sp³-hybridized carbons (Fsp3) is 0.571. The van der Waals surface area contributed by atoms with Crippen molar-refractivity contribution in [2.45, 2.75) is 110 Å². The van der Waals surface area contributed by atoms with Crippen LogP contribution in [0.2, 0.25) is 18.1 Å². The van der Waals surface area contributed by atoms with Crippen molar-refractivity contribution in [3.63, 3.8) is 0 Å². The smallest absolute Gasteiger partial charge is 0.340 e. The Bertz CT molecular complexity index is 1480. The van der Waals surface area contributed by atoms with Gasteiger partial charge in [-0.05, 0) is 81.6 Å². The van der Waals surface area contributed by atoms with E-state index in [0.29, 0.717) is 54.4 Å². The highest BCUT2D eigenvalue weighted by Gasteiger charge is 2.43.